The van der Waals surface area contributed by atoms with Crippen LogP contribution >= 0.6 is 11.6 Å². The minimum absolute atomic E-state index is 0.0976. The normalized spacial score (nSPS) is 10.1. The molecule has 1 N–H and O–H groups in total. The molecule has 0 radical (unpaired) electrons. The van der Waals surface area contributed by atoms with Crippen LogP contribution in [0.1, 0.15) is 5.56 Å². The molecule has 72 valence electrons. The second-order valence-corrected chi connectivity index (χ2v) is 2.84. The van der Waals surface area contributed by atoms with Gasteiger partial charge in [-0.2, -0.15) is 0 Å². The van der Waals surface area contributed by atoms with E-state index in [1.54, 1.807) is 18.2 Å². The van der Waals surface area contributed by atoms with Crippen LogP contribution in [0.15, 0.2) is 18.2 Å². The third-order valence-electron chi connectivity index (χ3n) is 1.54. The third-order valence-corrected chi connectivity index (χ3v) is 1.84. The molecule has 1 aromatic rings. The largest absolute Gasteiger partial charge is 0.466 e. The van der Waals surface area contributed by atoms with E-state index in [1.165, 1.54) is 7.11 Å². The van der Waals surface area contributed by atoms with E-state index in [0.717, 1.165) is 0 Å². The first-order valence-electron chi connectivity index (χ1n) is 3.79. The highest BCUT2D eigenvalue weighted by Gasteiger charge is 2.06. The van der Waals surface area contributed by atoms with Crippen molar-refractivity contribution in [3.05, 3.63) is 28.8 Å². The van der Waals surface area contributed by atoms with Crippen molar-refractivity contribution in [1.82, 2.24) is 0 Å². The summed E-state index contributed by atoms with van der Waals surface area (Å²) in [6.07, 6.45) is 0. The predicted molar refractivity (Wildman–Crippen MR) is 49.9 cm³/mol. The van der Waals surface area contributed by atoms with E-state index >= 15 is 0 Å². The lowest BCUT2D eigenvalue weighted by Crippen LogP contribution is -2.02. The molecule has 1 aromatic carbocycles. The Kier molecular flexibility index (Phi) is 4.02. The molecule has 3 nitrogen and oxygen atoms in total. The van der Waals surface area contributed by atoms with Crippen molar-refractivity contribution in [1.29, 1.82) is 0 Å². The monoisotopic (exact) mass is 202 g/mol. The first kappa shape index (κ1) is 10.3. The molecule has 1 rings (SSSR count). The van der Waals surface area contributed by atoms with Crippen LogP contribution in [-0.2, 0) is 11.3 Å². The minimum Gasteiger partial charge on any atom is -0.466 e. The van der Waals surface area contributed by atoms with Gasteiger partial charge in [-0.25, -0.2) is 0 Å². The van der Waals surface area contributed by atoms with E-state index in [0.29, 0.717) is 16.3 Å². The quantitative estimate of drug-likeness (QED) is 0.757. The number of aliphatic hydroxyl groups excluding tert-OH is 1. The summed E-state index contributed by atoms with van der Waals surface area (Å²) in [6.45, 7) is 0.0241. The standard InChI is InChI=1S/C9H11ClO3/c1-12-6-13-9-7(5-11)3-2-4-8(9)10/h2-4,11H,5-6H2,1H3. The Morgan fingerprint density at radius 1 is 1.46 bits per heavy atom. The lowest BCUT2D eigenvalue weighted by Gasteiger charge is -2.10. The first-order chi connectivity index (χ1) is 6.29. The summed E-state index contributed by atoms with van der Waals surface area (Å²) in [7, 11) is 1.52. The number of ether oxygens (including phenoxy) is 2. The number of methoxy groups -OCH3 is 1. The van der Waals surface area contributed by atoms with Crippen LogP contribution in [0.2, 0.25) is 5.02 Å². The second-order valence-electron chi connectivity index (χ2n) is 2.44. The molecule has 0 atom stereocenters. The van der Waals surface area contributed by atoms with Crippen LogP contribution in [0, 0.1) is 0 Å². The van der Waals surface area contributed by atoms with Gasteiger partial charge in [0.1, 0.15) is 5.75 Å². The van der Waals surface area contributed by atoms with E-state index in [9.17, 15) is 0 Å². The van der Waals surface area contributed by atoms with Crippen molar-refractivity contribution in [3.8, 4) is 5.75 Å². The van der Waals surface area contributed by atoms with Gasteiger partial charge in [-0.15, -0.1) is 0 Å². The number of hydrogen-bond donors (Lipinski definition) is 1. The Balaban J connectivity index is 2.87. The zero-order valence-electron chi connectivity index (χ0n) is 7.29. The second kappa shape index (κ2) is 5.07. The Hall–Kier alpha value is -0.770. The molecular formula is C9H11ClO3. The van der Waals surface area contributed by atoms with Crippen LogP contribution in [0.4, 0.5) is 0 Å². The van der Waals surface area contributed by atoms with E-state index in [-0.39, 0.29) is 13.4 Å². The zero-order valence-corrected chi connectivity index (χ0v) is 8.04. The number of rotatable bonds is 4. The summed E-state index contributed by atoms with van der Waals surface area (Å²) < 4.78 is 9.93. The fourth-order valence-electron chi connectivity index (χ4n) is 0.958. The van der Waals surface area contributed by atoms with Gasteiger partial charge in [-0.1, -0.05) is 23.7 Å². The molecule has 13 heavy (non-hydrogen) atoms. The van der Waals surface area contributed by atoms with Crippen molar-refractivity contribution < 1.29 is 14.6 Å². The Bertz CT molecular complexity index is 276. The topological polar surface area (TPSA) is 38.7 Å². The van der Waals surface area contributed by atoms with E-state index in [4.69, 9.17) is 26.2 Å². The van der Waals surface area contributed by atoms with Gasteiger partial charge in [0.15, 0.2) is 6.79 Å². The summed E-state index contributed by atoms with van der Waals surface area (Å²) in [5, 5.41) is 9.44. The molecule has 0 unspecified atom stereocenters. The minimum atomic E-state index is -0.0976. The Morgan fingerprint density at radius 3 is 2.85 bits per heavy atom. The molecule has 0 amide bonds. The summed E-state index contributed by atoms with van der Waals surface area (Å²) in [6, 6.07) is 5.20. The fourth-order valence-corrected chi connectivity index (χ4v) is 1.21. The lowest BCUT2D eigenvalue weighted by molar-refractivity contribution is 0.0496. The average molecular weight is 203 g/mol. The number of halogens is 1. The number of hydrogen-bond acceptors (Lipinski definition) is 3. The molecule has 0 saturated heterocycles. The highest BCUT2D eigenvalue weighted by molar-refractivity contribution is 6.32. The molecule has 0 aliphatic heterocycles. The van der Waals surface area contributed by atoms with E-state index in [2.05, 4.69) is 0 Å². The Labute approximate surface area is 81.9 Å². The molecule has 0 spiro atoms. The van der Waals surface area contributed by atoms with E-state index in [1.807, 2.05) is 0 Å². The van der Waals surface area contributed by atoms with Crippen molar-refractivity contribution in [3.63, 3.8) is 0 Å². The molecule has 0 fully saturated rings. The lowest BCUT2D eigenvalue weighted by atomic mass is 10.2. The summed E-state index contributed by atoms with van der Waals surface area (Å²) in [4.78, 5) is 0. The van der Waals surface area contributed by atoms with Gasteiger partial charge in [0.2, 0.25) is 0 Å². The first-order valence-corrected chi connectivity index (χ1v) is 4.17. The number of benzene rings is 1. The number of para-hydroxylation sites is 1. The van der Waals surface area contributed by atoms with E-state index < -0.39 is 0 Å². The Morgan fingerprint density at radius 2 is 2.23 bits per heavy atom. The molecule has 0 aromatic heterocycles. The van der Waals surface area contributed by atoms with Gasteiger partial charge in [0.25, 0.3) is 0 Å². The van der Waals surface area contributed by atoms with Crippen molar-refractivity contribution in [2.24, 2.45) is 0 Å². The van der Waals surface area contributed by atoms with Crippen LogP contribution in [0.25, 0.3) is 0 Å². The molecule has 0 aliphatic rings. The third kappa shape index (κ3) is 2.59. The maximum atomic E-state index is 8.96. The van der Waals surface area contributed by atoms with Crippen LogP contribution in [0.3, 0.4) is 0 Å². The molecule has 0 saturated carbocycles. The van der Waals surface area contributed by atoms with Crippen LogP contribution < -0.4 is 4.74 Å². The van der Waals surface area contributed by atoms with Gasteiger partial charge in [0.05, 0.1) is 11.6 Å². The van der Waals surface area contributed by atoms with Crippen LogP contribution in [-0.4, -0.2) is 19.0 Å². The summed E-state index contributed by atoms with van der Waals surface area (Å²) >= 11 is 5.85. The van der Waals surface area contributed by atoms with Gasteiger partial charge in [-0.3, -0.25) is 0 Å². The van der Waals surface area contributed by atoms with Crippen molar-refractivity contribution >= 4 is 11.6 Å². The molecule has 0 aliphatic carbocycles. The molecule has 0 bridgehead atoms. The van der Waals surface area contributed by atoms with Crippen LogP contribution in [0.5, 0.6) is 5.75 Å². The van der Waals surface area contributed by atoms with Gasteiger partial charge >= 0.3 is 0 Å². The maximum absolute atomic E-state index is 8.96. The SMILES string of the molecule is COCOc1c(Cl)cccc1CO. The zero-order chi connectivity index (χ0) is 9.68. The molecular weight excluding hydrogens is 192 g/mol. The maximum Gasteiger partial charge on any atom is 0.188 e. The summed E-state index contributed by atoms with van der Waals surface area (Å²) in [5.74, 6) is 0.480. The van der Waals surface area contributed by atoms with Gasteiger partial charge < -0.3 is 14.6 Å². The van der Waals surface area contributed by atoms with Crippen molar-refractivity contribution in [2.45, 2.75) is 6.61 Å². The fraction of sp³-hybridized carbons (Fsp3) is 0.333. The number of aliphatic hydroxyl groups is 1. The predicted octanol–water partition coefficient (Wildman–Crippen LogP) is 1.81. The highest BCUT2D eigenvalue weighted by atomic mass is 35.5. The average Bonchev–Trinajstić information content (AvgIpc) is 2.15. The van der Waals surface area contributed by atoms with Gasteiger partial charge in [-0.05, 0) is 6.07 Å². The van der Waals surface area contributed by atoms with Crippen molar-refractivity contribution in [2.75, 3.05) is 13.9 Å². The molecule has 0 heterocycles. The smallest absolute Gasteiger partial charge is 0.188 e. The molecule has 4 heteroatoms. The summed E-state index contributed by atoms with van der Waals surface area (Å²) in [5.41, 5.74) is 0.657. The van der Waals surface area contributed by atoms with Gasteiger partial charge in [0, 0.05) is 12.7 Å². The highest BCUT2D eigenvalue weighted by Crippen LogP contribution is 2.28.